The van der Waals surface area contributed by atoms with Crippen molar-refractivity contribution in [3.05, 3.63) is 28.8 Å². The molecule has 0 aromatic heterocycles. The van der Waals surface area contributed by atoms with Crippen LogP contribution in [0.25, 0.3) is 0 Å². The van der Waals surface area contributed by atoms with Gasteiger partial charge >= 0.3 is 0 Å². The van der Waals surface area contributed by atoms with Crippen molar-refractivity contribution >= 4 is 11.6 Å². The Balaban J connectivity index is 2.26. The van der Waals surface area contributed by atoms with Gasteiger partial charge in [0.15, 0.2) is 0 Å². The van der Waals surface area contributed by atoms with Gasteiger partial charge in [0.05, 0.1) is 12.2 Å². The summed E-state index contributed by atoms with van der Waals surface area (Å²) in [6, 6.07) is 5.36. The van der Waals surface area contributed by atoms with Gasteiger partial charge in [0.1, 0.15) is 5.75 Å². The molecule has 14 heavy (non-hydrogen) atoms. The van der Waals surface area contributed by atoms with Crippen molar-refractivity contribution in [3.8, 4) is 5.75 Å². The van der Waals surface area contributed by atoms with Crippen LogP contribution in [0.15, 0.2) is 18.2 Å². The number of hydrogen-bond acceptors (Lipinski definition) is 2. The van der Waals surface area contributed by atoms with Crippen molar-refractivity contribution in [2.45, 2.75) is 32.0 Å². The first-order valence-electron chi connectivity index (χ1n) is 4.81. The molecule has 3 heteroatoms. The molecule has 2 rings (SSSR count). The molecule has 1 atom stereocenters. The van der Waals surface area contributed by atoms with Crippen molar-refractivity contribution < 1.29 is 9.84 Å². The summed E-state index contributed by atoms with van der Waals surface area (Å²) < 4.78 is 5.65. The van der Waals surface area contributed by atoms with E-state index in [1.807, 2.05) is 6.07 Å². The summed E-state index contributed by atoms with van der Waals surface area (Å²) in [6.07, 6.45) is 2.03. The van der Waals surface area contributed by atoms with Gasteiger partial charge in [-0.2, -0.15) is 0 Å². The number of halogens is 1. The summed E-state index contributed by atoms with van der Waals surface area (Å²) in [6.45, 7) is 1.71. The molecular formula is C11H13ClO2. The van der Waals surface area contributed by atoms with Crippen LogP contribution >= 0.6 is 11.6 Å². The van der Waals surface area contributed by atoms with E-state index in [9.17, 15) is 5.11 Å². The minimum Gasteiger partial charge on any atom is -0.490 e. The smallest absolute Gasteiger partial charge is 0.125 e. The number of aliphatic hydroxyl groups excluding tert-OH is 1. The highest BCUT2D eigenvalue weighted by Gasteiger charge is 2.25. The second-order valence-electron chi connectivity index (χ2n) is 3.68. The standard InChI is InChI=1S/C11H13ClO2/c1-7(13)10-6-8(12)2-5-11(10)14-9-3-4-9/h2,5-7,9,13H,3-4H2,1H3. The number of aliphatic hydroxyl groups is 1. The highest BCUT2D eigenvalue weighted by atomic mass is 35.5. The monoisotopic (exact) mass is 212 g/mol. The van der Waals surface area contributed by atoms with Gasteiger partial charge in [-0.3, -0.25) is 0 Å². The van der Waals surface area contributed by atoms with E-state index in [1.54, 1.807) is 19.1 Å². The van der Waals surface area contributed by atoms with E-state index in [4.69, 9.17) is 16.3 Å². The van der Waals surface area contributed by atoms with Crippen LogP contribution in [-0.2, 0) is 0 Å². The zero-order valence-electron chi connectivity index (χ0n) is 8.03. The van der Waals surface area contributed by atoms with Crippen LogP contribution in [0, 0.1) is 0 Å². The molecule has 0 saturated heterocycles. The number of ether oxygens (including phenoxy) is 1. The van der Waals surface area contributed by atoms with Crippen LogP contribution < -0.4 is 4.74 Å². The Morgan fingerprint density at radius 1 is 1.50 bits per heavy atom. The van der Waals surface area contributed by atoms with Crippen molar-refractivity contribution in [2.24, 2.45) is 0 Å². The lowest BCUT2D eigenvalue weighted by atomic mass is 10.1. The zero-order chi connectivity index (χ0) is 10.1. The van der Waals surface area contributed by atoms with E-state index in [0.29, 0.717) is 11.1 Å². The lowest BCUT2D eigenvalue weighted by Crippen LogP contribution is -2.01. The van der Waals surface area contributed by atoms with Crippen molar-refractivity contribution in [2.75, 3.05) is 0 Å². The second kappa shape index (κ2) is 3.79. The zero-order valence-corrected chi connectivity index (χ0v) is 8.79. The summed E-state index contributed by atoms with van der Waals surface area (Å²) in [5.41, 5.74) is 0.768. The Kier molecular flexibility index (Phi) is 2.66. The molecule has 1 fully saturated rings. The molecule has 1 aliphatic rings. The molecule has 0 heterocycles. The molecule has 1 N–H and O–H groups in total. The number of benzene rings is 1. The van der Waals surface area contributed by atoms with Crippen molar-refractivity contribution in [1.29, 1.82) is 0 Å². The highest BCUT2D eigenvalue weighted by molar-refractivity contribution is 6.30. The molecule has 1 unspecified atom stereocenters. The highest BCUT2D eigenvalue weighted by Crippen LogP contribution is 2.33. The van der Waals surface area contributed by atoms with Gasteiger partial charge in [-0.1, -0.05) is 11.6 Å². The molecule has 76 valence electrons. The van der Waals surface area contributed by atoms with E-state index in [-0.39, 0.29) is 0 Å². The Hall–Kier alpha value is -0.730. The molecule has 1 aliphatic carbocycles. The Bertz CT molecular complexity index is 332. The van der Waals surface area contributed by atoms with E-state index < -0.39 is 6.10 Å². The summed E-state index contributed by atoms with van der Waals surface area (Å²) in [5.74, 6) is 0.756. The molecule has 0 aliphatic heterocycles. The number of rotatable bonds is 3. The minimum absolute atomic E-state index is 0.341. The van der Waals surface area contributed by atoms with Gasteiger partial charge in [-0.25, -0.2) is 0 Å². The lowest BCUT2D eigenvalue weighted by Gasteiger charge is -2.13. The molecule has 2 nitrogen and oxygen atoms in total. The van der Waals surface area contributed by atoms with Crippen LogP contribution in [0.3, 0.4) is 0 Å². The van der Waals surface area contributed by atoms with Gasteiger partial charge in [-0.05, 0) is 38.0 Å². The quantitative estimate of drug-likeness (QED) is 0.835. The molecule has 0 amide bonds. The first-order valence-corrected chi connectivity index (χ1v) is 5.19. The Morgan fingerprint density at radius 2 is 2.21 bits per heavy atom. The summed E-state index contributed by atoms with van der Waals surface area (Å²) >= 11 is 5.85. The minimum atomic E-state index is -0.539. The largest absolute Gasteiger partial charge is 0.490 e. The van der Waals surface area contributed by atoms with E-state index in [1.165, 1.54) is 0 Å². The van der Waals surface area contributed by atoms with Gasteiger partial charge in [0, 0.05) is 10.6 Å². The first-order chi connectivity index (χ1) is 6.66. The summed E-state index contributed by atoms with van der Waals surface area (Å²) in [4.78, 5) is 0. The SMILES string of the molecule is CC(O)c1cc(Cl)ccc1OC1CC1. The fraction of sp³-hybridized carbons (Fsp3) is 0.455. The van der Waals surface area contributed by atoms with Crippen molar-refractivity contribution in [1.82, 2.24) is 0 Å². The van der Waals surface area contributed by atoms with E-state index >= 15 is 0 Å². The van der Waals surface area contributed by atoms with Crippen LogP contribution in [0.2, 0.25) is 5.02 Å². The third-order valence-electron chi connectivity index (χ3n) is 2.24. The fourth-order valence-electron chi connectivity index (χ4n) is 1.32. The molecule has 1 aromatic carbocycles. The van der Waals surface area contributed by atoms with Crippen LogP contribution in [0.5, 0.6) is 5.75 Å². The first kappa shape index (κ1) is 9.81. The molecule has 0 radical (unpaired) electrons. The average Bonchev–Trinajstić information content (AvgIpc) is 2.91. The van der Waals surface area contributed by atoms with Crippen molar-refractivity contribution in [3.63, 3.8) is 0 Å². The lowest BCUT2D eigenvalue weighted by molar-refractivity contribution is 0.190. The number of hydrogen-bond donors (Lipinski definition) is 1. The molecule has 1 aromatic rings. The van der Waals surface area contributed by atoms with Crippen LogP contribution in [0.4, 0.5) is 0 Å². The van der Waals surface area contributed by atoms with Gasteiger partial charge in [0.2, 0.25) is 0 Å². The Labute approximate surface area is 88.5 Å². The average molecular weight is 213 g/mol. The maximum atomic E-state index is 9.52. The third kappa shape index (κ3) is 2.20. The maximum Gasteiger partial charge on any atom is 0.125 e. The topological polar surface area (TPSA) is 29.5 Å². The van der Waals surface area contributed by atoms with Gasteiger partial charge < -0.3 is 9.84 Å². The molecule has 0 spiro atoms. The molecular weight excluding hydrogens is 200 g/mol. The fourth-order valence-corrected chi connectivity index (χ4v) is 1.50. The van der Waals surface area contributed by atoms with E-state index in [2.05, 4.69) is 0 Å². The molecule has 1 saturated carbocycles. The van der Waals surface area contributed by atoms with Crippen LogP contribution in [-0.4, -0.2) is 11.2 Å². The predicted octanol–water partition coefficient (Wildman–Crippen LogP) is 2.93. The van der Waals surface area contributed by atoms with Crippen LogP contribution in [0.1, 0.15) is 31.4 Å². The normalized spacial score (nSPS) is 17.9. The third-order valence-corrected chi connectivity index (χ3v) is 2.48. The van der Waals surface area contributed by atoms with E-state index in [0.717, 1.165) is 24.2 Å². The molecule has 0 bridgehead atoms. The van der Waals surface area contributed by atoms with Gasteiger partial charge in [-0.15, -0.1) is 0 Å². The summed E-state index contributed by atoms with van der Waals surface area (Å²) in [5, 5.41) is 10.2. The second-order valence-corrected chi connectivity index (χ2v) is 4.11. The Morgan fingerprint density at radius 3 is 2.79 bits per heavy atom. The maximum absolute atomic E-state index is 9.52. The summed E-state index contributed by atoms with van der Waals surface area (Å²) in [7, 11) is 0. The van der Waals surface area contributed by atoms with Gasteiger partial charge in [0.25, 0.3) is 0 Å². The predicted molar refractivity (Wildman–Crippen MR) is 55.7 cm³/mol.